The summed E-state index contributed by atoms with van der Waals surface area (Å²) in [5, 5.41) is 0.0212. The van der Waals surface area contributed by atoms with Gasteiger partial charge in [-0.15, -0.1) is 11.8 Å². The van der Waals surface area contributed by atoms with Gasteiger partial charge in [0.25, 0.3) is 0 Å². The number of rotatable bonds is 1. The normalized spacial score (nSPS) is 11.8. The van der Waals surface area contributed by atoms with Crippen LogP contribution in [0.3, 0.4) is 0 Å². The number of pyridine rings is 1. The highest BCUT2D eigenvalue weighted by Gasteiger charge is 2.34. The lowest BCUT2D eigenvalue weighted by molar-refractivity contribution is -0.140. The Morgan fingerprint density at radius 2 is 2.08 bits per heavy atom. The minimum Gasteiger partial charge on any atom is -0.248 e. The first-order valence-electron chi connectivity index (χ1n) is 3.22. The summed E-state index contributed by atoms with van der Waals surface area (Å²) in [4.78, 5) is 3.70. The summed E-state index contributed by atoms with van der Waals surface area (Å²) in [6.45, 7) is 0. The number of alkyl halides is 3. The molecule has 0 saturated carbocycles. The molecule has 0 spiro atoms. The van der Waals surface area contributed by atoms with Gasteiger partial charge in [0.1, 0.15) is 5.03 Å². The SMILES string of the molecule is CSc1ncc(I)cc1C(F)(F)F. The second kappa shape index (κ2) is 4.04. The van der Waals surface area contributed by atoms with Crippen molar-refractivity contribution in [1.29, 1.82) is 0 Å². The largest absolute Gasteiger partial charge is 0.419 e. The number of nitrogens with zero attached hydrogens (tertiary/aromatic N) is 1. The lowest BCUT2D eigenvalue weighted by Crippen LogP contribution is -2.08. The first-order valence-corrected chi connectivity index (χ1v) is 5.52. The average Bonchev–Trinajstić information content (AvgIpc) is 2.03. The maximum atomic E-state index is 12.4. The van der Waals surface area contributed by atoms with Crippen molar-refractivity contribution in [2.75, 3.05) is 6.26 Å². The van der Waals surface area contributed by atoms with Gasteiger partial charge < -0.3 is 0 Å². The molecule has 0 saturated heterocycles. The molecule has 0 aliphatic rings. The molecule has 0 radical (unpaired) electrons. The van der Waals surface area contributed by atoms with Crippen LogP contribution in [0.15, 0.2) is 17.3 Å². The van der Waals surface area contributed by atoms with Crippen molar-refractivity contribution in [3.05, 3.63) is 21.4 Å². The number of hydrogen-bond acceptors (Lipinski definition) is 2. The predicted molar refractivity (Wildman–Crippen MR) is 53.7 cm³/mol. The fourth-order valence-corrected chi connectivity index (χ4v) is 1.80. The molecule has 0 unspecified atom stereocenters. The molecule has 0 fully saturated rings. The summed E-state index contributed by atoms with van der Waals surface area (Å²) in [6, 6.07) is 1.10. The van der Waals surface area contributed by atoms with Gasteiger partial charge in [-0.25, -0.2) is 4.98 Å². The van der Waals surface area contributed by atoms with Gasteiger partial charge in [0.2, 0.25) is 0 Å². The van der Waals surface area contributed by atoms with Crippen molar-refractivity contribution < 1.29 is 13.2 Å². The van der Waals surface area contributed by atoms with Crippen LogP contribution in [0.1, 0.15) is 5.56 Å². The highest BCUT2D eigenvalue weighted by atomic mass is 127. The molecule has 0 N–H and O–H groups in total. The Bertz CT molecular complexity index is 313. The molecule has 1 nitrogen and oxygen atoms in total. The summed E-state index contributed by atoms with van der Waals surface area (Å²) < 4.78 is 37.6. The number of halogens is 4. The van der Waals surface area contributed by atoms with E-state index in [4.69, 9.17) is 0 Å². The molecule has 0 aliphatic heterocycles. The van der Waals surface area contributed by atoms with E-state index in [1.165, 1.54) is 6.20 Å². The Morgan fingerprint density at radius 3 is 2.54 bits per heavy atom. The molecule has 6 heteroatoms. The van der Waals surface area contributed by atoms with E-state index in [1.807, 2.05) is 0 Å². The van der Waals surface area contributed by atoms with Crippen LogP contribution in [0.25, 0.3) is 0 Å². The van der Waals surface area contributed by atoms with Gasteiger partial charge in [-0.2, -0.15) is 13.2 Å². The van der Waals surface area contributed by atoms with Crippen molar-refractivity contribution in [3.8, 4) is 0 Å². The van der Waals surface area contributed by atoms with E-state index in [2.05, 4.69) is 4.98 Å². The smallest absolute Gasteiger partial charge is 0.248 e. The Balaban J connectivity index is 3.24. The van der Waals surface area contributed by atoms with Crippen LogP contribution in [0.2, 0.25) is 0 Å². The summed E-state index contributed by atoms with van der Waals surface area (Å²) >= 11 is 2.80. The van der Waals surface area contributed by atoms with Crippen LogP contribution in [-0.4, -0.2) is 11.2 Å². The third-order valence-electron chi connectivity index (χ3n) is 1.32. The summed E-state index contributed by atoms with van der Waals surface area (Å²) in [6.07, 6.45) is -1.32. The van der Waals surface area contributed by atoms with Crippen LogP contribution in [0, 0.1) is 3.57 Å². The van der Waals surface area contributed by atoms with E-state index in [1.54, 1.807) is 28.8 Å². The highest BCUT2D eigenvalue weighted by molar-refractivity contribution is 14.1. The van der Waals surface area contributed by atoms with E-state index in [0.717, 1.165) is 17.8 Å². The summed E-state index contributed by atoms with van der Waals surface area (Å²) in [5.41, 5.74) is -0.660. The minimum absolute atomic E-state index is 0.0212. The van der Waals surface area contributed by atoms with Gasteiger partial charge in [0.15, 0.2) is 0 Å². The average molecular weight is 319 g/mol. The lowest BCUT2D eigenvalue weighted by atomic mass is 10.3. The molecule has 1 aromatic heterocycles. The van der Waals surface area contributed by atoms with Crippen molar-refractivity contribution in [3.63, 3.8) is 0 Å². The highest BCUT2D eigenvalue weighted by Crippen LogP contribution is 2.35. The van der Waals surface area contributed by atoms with E-state index in [-0.39, 0.29) is 5.03 Å². The zero-order valence-corrected chi connectivity index (χ0v) is 9.50. The quantitative estimate of drug-likeness (QED) is 0.581. The van der Waals surface area contributed by atoms with Crippen LogP contribution < -0.4 is 0 Å². The van der Waals surface area contributed by atoms with E-state index in [0.29, 0.717) is 3.57 Å². The third kappa shape index (κ3) is 2.73. The predicted octanol–water partition coefficient (Wildman–Crippen LogP) is 3.43. The number of thioether (sulfide) groups is 1. The Kier molecular flexibility index (Phi) is 3.44. The second-order valence-electron chi connectivity index (χ2n) is 2.21. The Labute approximate surface area is 91.3 Å². The maximum absolute atomic E-state index is 12.4. The van der Waals surface area contributed by atoms with Gasteiger partial charge in [-0.05, 0) is 34.9 Å². The van der Waals surface area contributed by atoms with Crippen molar-refractivity contribution >= 4 is 34.4 Å². The molecular weight excluding hydrogens is 314 g/mol. The molecular formula is C7H5F3INS. The monoisotopic (exact) mass is 319 g/mol. The van der Waals surface area contributed by atoms with Crippen LogP contribution in [-0.2, 0) is 6.18 Å². The first kappa shape index (κ1) is 11.1. The first-order chi connectivity index (χ1) is 5.95. The molecule has 0 bridgehead atoms. The van der Waals surface area contributed by atoms with Gasteiger partial charge in [-0.3, -0.25) is 0 Å². The fraction of sp³-hybridized carbons (Fsp3) is 0.286. The van der Waals surface area contributed by atoms with Crippen molar-refractivity contribution in [1.82, 2.24) is 4.98 Å². The summed E-state index contributed by atoms with van der Waals surface area (Å²) in [7, 11) is 0. The van der Waals surface area contributed by atoms with E-state index < -0.39 is 11.7 Å². The molecule has 1 heterocycles. The van der Waals surface area contributed by atoms with Gasteiger partial charge in [0.05, 0.1) is 5.56 Å². The maximum Gasteiger partial charge on any atom is 0.419 e. The van der Waals surface area contributed by atoms with Crippen LogP contribution in [0.4, 0.5) is 13.2 Å². The van der Waals surface area contributed by atoms with Crippen molar-refractivity contribution in [2.24, 2.45) is 0 Å². The van der Waals surface area contributed by atoms with Crippen LogP contribution >= 0.6 is 34.4 Å². The Hall–Kier alpha value is 0.0200. The zero-order chi connectivity index (χ0) is 10.1. The number of aromatic nitrogens is 1. The molecule has 0 aromatic carbocycles. The van der Waals surface area contributed by atoms with E-state index >= 15 is 0 Å². The van der Waals surface area contributed by atoms with E-state index in [9.17, 15) is 13.2 Å². The molecule has 0 amide bonds. The molecule has 72 valence electrons. The van der Waals surface area contributed by atoms with Gasteiger partial charge in [0, 0.05) is 9.77 Å². The Morgan fingerprint density at radius 1 is 1.46 bits per heavy atom. The topological polar surface area (TPSA) is 12.9 Å². The second-order valence-corrected chi connectivity index (χ2v) is 4.25. The zero-order valence-electron chi connectivity index (χ0n) is 6.52. The molecule has 1 aromatic rings. The summed E-state index contributed by atoms with van der Waals surface area (Å²) in [5.74, 6) is 0. The molecule has 13 heavy (non-hydrogen) atoms. The standard InChI is InChI=1S/C7H5F3INS/c1-13-6-5(7(8,9)10)2-4(11)3-12-6/h2-3H,1H3. The van der Waals surface area contributed by atoms with Crippen LogP contribution in [0.5, 0.6) is 0 Å². The lowest BCUT2D eigenvalue weighted by Gasteiger charge is -2.09. The van der Waals surface area contributed by atoms with Gasteiger partial charge in [-0.1, -0.05) is 0 Å². The van der Waals surface area contributed by atoms with Crippen molar-refractivity contribution in [2.45, 2.75) is 11.2 Å². The fourth-order valence-electron chi connectivity index (χ4n) is 0.792. The number of hydrogen-bond donors (Lipinski definition) is 0. The molecule has 0 aliphatic carbocycles. The van der Waals surface area contributed by atoms with Gasteiger partial charge >= 0.3 is 6.18 Å². The molecule has 1 rings (SSSR count). The molecule has 0 atom stereocenters. The third-order valence-corrected chi connectivity index (χ3v) is 2.62. The minimum atomic E-state index is -4.31.